The van der Waals surface area contributed by atoms with E-state index < -0.39 is 0 Å². The Balaban J connectivity index is 0.000000667. The molecular formula is C14H12Br2N2S. The highest BCUT2D eigenvalue weighted by Crippen LogP contribution is 2.27. The second-order valence-electron chi connectivity index (χ2n) is 4.31. The summed E-state index contributed by atoms with van der Waals surface area (Å²) in [5.41, 5.74) is 2.70. The van der Waals surface area contributed by atoms with Gasteiger partial charge in [0, 0.05) is 18.2 Å². The minimum Gasteiger partial charge on any atom is -1.00 e. The van der Waals surface area contributed by atoms with Gasteiger partial charge in [0.05, 0.1) is 0 Å². The second kappa shape index (κ2) is 5.69. The van der Waals surface area contributed by atoms with Crippen molar-refractivity contribution in [1.82, 2.24) is 0 Å². The predicted molar refractivity (Wildman–Crippen MR) is 67.7 cm³/mol. The largest absolute Gasteiger partial charge is 1.00 e. The number of para-hydroxylation sites is 1. The Morgan fingerprint density at radius 3 is 2.58 bits per heavy atom. The van der Waals surface area contributed by atoms with Gasteiger partial charge in [-0.2, -0.15) is 9.13 Å². The molecule has 0 fully saturated rings. The first kappa shape index (κ1) is 14.6. The third kappa shape index (κ3) is 2.24. The first-order valence-corrected chi connectivity index (χ1v) is 6.65. The van der Waals surface area contributed by atoms with Crippen LogP contribution < -0.4 is 43.1 Å². The normalized spacial score (nSPS) is 12.0. The maximum absolute atomic E-state index is 2.44. The Labute approximate surface area is 136 Å². The van der Waals surface area contributed by atoms with Crippen molar-refractivity contribution in [2.24, 2.45) is 0 Å². The summed E-state index contributed by atoms with van der Waals surface area (Å²) >= 11 is 1.88. The van der Waals surface area contributed by atoms with Gasteiger partial charge in [0.2, 0.25) is 18.6 Å². The standard InChI is InChI=1S/C14H12N2S.2BrH/c1-2-7-13-11(5-1)16-10-9-15-8-4-3-6-12(15)14(16)17-13;;/h1-8H,9-10H2;2*1H/q+2;;/p-2. The number of fused-ring (bicyclic) bond motifs is 5. The number of rotatable bonds is 0. The second-order valence-corrected chi connectivity index (χ2v) is 5.34. The summed E-state index contributed by atoms with van der Waals surface area (Å²) in [6.45, 7) is 2.13. The van der Waals surface area contributed by atoms with Gasteiger partial charge in [-0.05, 0) is 12.1 Å². The predicted octanol–water partition coefficient (Wildman–Crippen LogP) is -3.84. The van der Waals surface area contributed by atoms with Gasteiger partial charge < -0.3 is 34.0 Å². The highest BCUT2D eigenvalue weighted by molar-refractivity contribution is 7.21. The van der Waals surface area contributed by atoms with E-state index >= 15 is 0 Å². The highest BCUT2D eigenvalue weighted by atomic mass is 79.9. The molecule has 2 aromatic heterocycles. The van der Waals surface area contributed by atoms with Crippen molar-refractivity contribution in [2.75, 3.05) is 0 Å². The molecule has 0 amide bonds. The summed E-state index contributed by atoms with van der Waals surface area (Å²) in [5, 5.41) is 1.37. The van der Waals surface area contributed by atoms with Gasteiger partial charge in [-0.15, -0.1) is 0 Å². The van der Waals surface area contributed by atoms with Crippen LogP contribution in [0.25, 0.3) is 20.9 Å². The van der Waals surface area contributed by atoms with E-state index in [9.17, 15) is 0 Å². The van der Waals surface area contributed by atoms with E-state index in [1.165, 1.54) is 20.9 Å². The number of aromatic nitrogens is 2. The average Bonchev–Trinajstić information content (AvgIpc) is 2.78. The third-order valence-electron chi connectivity index (χ3n) is 3.33. The molecular weight excluding hydrogens is 388 g/mol. The van der Waals surface area contributed by atoms with Crippen LogP contribution in [0.2, 0.25) is 0 Å². The number of nitrogens with zero attached hydrogens (tertiary/aromatic N) is 2. The van der Waals surface area contributed by atoms with E-state index in [1.807, 2.05) is 11.3 Å². The van der Waals surface area contributed by atoms with E-state index in [0.717, 1.165) is 13.1 Å². The number of halogens is 2. The molecule has 3 heterocycles. The molecule has 3 aromatic rings. The summed E-state index contributed by atoms with van der Waals surface area (Å²) < 4.78 is 6.15. The van der Waals surface area contributed by atoms with Crippen LogP contribution in [0.5, 0.6) is 0 Å². The smallest absolute Gasteiger partial charge is 0.335 e. The van der Waals surface area contributed by atoms with Crippen molar-refractivity contribution in [3.8, 4) is 10.7 Å². The number of hydrogen-bond acceptors (Lipinski definition) is 1. The minimum absolute atomic E-state index is 0. The van der Waals surface area contributed by atoms with E-state index in [2.05, 4.69) is 57.8 Å². The summed E-state index contributed by atoms with van der Waals surface area (Å²) in [6.07, 6.45) is 2.17. The Morgan fingerprint density at radius 2 is 1.68 bits per heavy atom. The lowest BCUT2D eigenvalue weighted by Gasteiger charge is -2.05. The number of hydrogen-bond donors (Lipinski definition) is 0. The number of thiazole rings is 1. The molecule has 19 heavy (non-hydrogen) atoms. The molecule has 98 valence electrons. The summed E-state index contributed by atoms with van der Waals surface area (Å²) in [4.78, 5) is 0. The number of aryl methyl sites for hydroxylation is 2. The summed E-state index contributed by atoms with van der Waals surface area (Å²) in [6, 6.07) is 15.1. The molecule has 0 N–H and O–H groups in total. The van der Waals surface area contributed by atoms with Crippen molar-refractivity contribution in [2.45, 2.75) is 13.1 Å². The van der Waals surface area contributed by atoms with Crippen LogP contribution in [0.4, 0.5) is 0 Å². The van der Waals surface area contributed by atoms with Crippen LogP contribution in [-0.4, -0.2) is 0 Å². The zero-order valence-electron chi connectivity index (χ0n) is 10.1. The minimum atomic E-state index is 0. The molecule has 0 radical (unpaired) electrons. The van der Waals surface area contributed by atoms with Crippen LogP contribution in [-0.2, 0) is 13.1 Å². The molecule has 0 saturated heterocycles. The molecule has 0 bridgehead atoms. The quantitative estimate of drug-likeness (QED) is 0.342. The maximum atomic E-state index is 2.44. The average molecular weight is 400 g/mol. The molecule has 4 rings (SSSR count). The van der Waals surface area contributed by atoms with Crippen LogP contribution in [0.1, 0.15) is 0 Å². The molecule has 5 heteroatoms. The Kier molecular flexibility index (Phi) is 4.38. The molecule has 0 spiro atoms. The Bertz CT molecular complexity index is 724. The summed E-state index contributed by atoms with van der Waals surface area (Å²) in [5.74, 6) is 0. The molecule has 1 aromatic carbocycles. The van der Waals surface area contributed by atoms with Crippen molar-refractivity contribution in [1.29, 1.82) is 0 Å². The SMILES string of the molecule is [Br-].[Br-].c1cc[n+]2c(c1)-c1sc3ccccc3[n+]1CC2. The van der Waals surface area contributed by atoms with Gasteiger partial charge in [0.1, 0.15) is 4.70 Å². The summed E-state index contributed by atoms with van der Waals surface area (Å²) in [7, 11) is 0. The number of pyridine rings is 1. The zero-order chi connectivity index (χ0) is 11.2. The molecule has 0 saturated carbocycles. The van der Waals surface area contributed by atoms with Crippen LogP contribution in [0.15, 0.2) is 48.7 Å². The first-order valence-electron chi connectivity index (χ1n) is 5.84. The van der Waals surface area contributed by atoms with E-state index in [-0.39, 0.29) is 34.0 Å². The lowest BCUT2D eigenvalue weighted by molar-refractivity contribution is -0.781. The van der Waals surface area contributed by atoms with Gasteiger partial charge in [-0.1, -0.05) is 23.5 Å². The fourth-order valence-electron chi connectivity index (χ4n) is 2.52. The lowest BCUT2D eigenvalue weighted by Crippen LogP contribution is -3.00. The van der Waals surface area contributed by atoms with Crippen LogP contribution in [0, 0.1) is 0 Å². The lowest BCUT2D eigenvalue weighted by atomic mass is 10.2. The topological polar surface area (TPSA) is 7.76 Å². The Morgan fingerprint density at radius 1 is 0.895 bits per heavy atom. The molecule has 2 nitrogen and oxygen atoms in total. The fraction of sp³-hybridized carbons (Fsp3) is 0.143. The molecule has 0 unspecified atom stereocenters. The van der Waals surface area contributed by atoms with Gasteiger partial charge in [-0.25, -0.2) is 0 Å². The van der Waals surface area contributed by atoms with Crippen molar-refractivity contribution in [3.05, 3.63) is 48.7 Å². The molecule has 0 atom stereocenters. The van der Waals surface area contributed by atoms with E-state index in [0.29, 0.717) is 0 Å². The van der Waals surface area contributed by atoms with Crippen molar-refractivity contribution < 1.29 is 43.1 Å². The van der Waals surface area contributed by atoms with E-state index in [1.54, 1.807) is 0 Å². The Hall–Kier alpha value is -0.780. The van der Waals surface area contributed by atoms with Gasteiger partial charge in [0.25, 0.3) is 5.69 Å². The zero-order valence-corrected chi connectivity index (χ0v) is 14.1. The molecule has 0 aliphatic carbocycles. The van der Waals surface area contributed by atoms with Gasteiger partial charge >= 0.3 is 5.01 Å². The van der Waals surface area contributed by atoms with Crippen molar-refractivity contribution in [3.63, 3.8) is 0 Å². The maximum Gasteiger partial charge on any atom is 0.335 e. The highest BCUT2D eigenvalue weighted by Gasteiger charge is 2.33. The van der Waals surface area contributed by atoms with Crippen molar-refractivity contribution >= 4 is 21.6 Å². The third-order valence-corrected chi connectivity index (χ3v) is 4.52. The fourth-order valence-corrected chi connectivity index (χ4v) is 3.75. The van der Waals surface area contributed by atoms with E-state index in [4.69, 9.17) is 0 Å². The van der Waals surface area contributed by atoms with Gasteiger partial charge in [-0.3, -0.25) is 0 Å². The number of benzene rings is 1. The van der Waals surface area contributed by atoms with Crippen LogP contribution >= 0.6 is 11.3 Å². The monoisotopic (exact) mass is 398 g/mol. The molecule has 1 aliphatic heterocycles. The van der Waals surface area contributed by atoms with Gasteiger partial charge in [0.15, 0.2) is 6.20 Å². The molecule has 1 aliphatic rings. The first-order chi connectivity index (χ1) is 8.43. The van der Waals surface area contributed by atoms with Crippen LogP contribution in [0.3, 0.4) is 0 Å².